The van der Waals surface area contributed by atoms with E-state index < -0.39 is 5.97 Å². The number of ether oxygens (including phenoxy) is 1. The monoisotopic (exact) mass is 208 g/mol. The summed E-state index contributed by atoms with van der Waals surface area (Å²) in [6.07, 6.45) is 4.07. The van der Waals surface area contributed by atoms with Gasteiger partial charge in [0, 0.05) is 6.92 Å². The molecule has 1 N–H and O–H groups in total. The maximum Gasteiger partial charge on any atom is 0.300 e. The van der Waals surface area contributed by atoms with E-state index in [9.17, 15) is 0 Å². The van der Waals surface area contributed by atoms with Crippen LogP contribution in [0.5, 0.6) is 5.75 Å². The van der Waals surface area contributed by atoms with E-state index in [1.807, 2.05) is 37.3 Å². The first-order valence-electron chi connectivity index (χ1n) is 4.56. The Kier molecular flexibility index (Phi) is 6.72. The van der Waals surface area contributed by atoms with E-state index in [1.165, 1.54) is 5.56 Å². The third kappa shape index (κ3) is 7.31. The SMILES string of the molecule is C/C=C/c1ccc(OC)cc1.CC(=O)O. The van der Waals surface area contributed by atoms with E-state index >= 15 is 0 Å². The fourth-order valence-electron chi connectivity index (χ4n) is 0.907. The van der Waals surface area contributed by atoms with Gasteiger partial charge in [-0.25, -0.2) is 0 Å². The molecule has 0 atom stereocenters. The van der Waals surface area contributed by atoms with Gasteiger partial charge < -0.3 is 9.84 Å². The maximum atomic E-state index is 9.00. The van der Waals surface area contributed by atoms with Crippen molar-refractivity contribution in [1.82, 2.24) is 0 Å². The molecule has 0 aliphatic rings. The summed E-state index contributed by atoms with van der Waals surface area (Å²) in [4.78, 5) is 9.00. The third-order valence-corrected chi connectivity index (χ3v) is 1.47. The third-order valence-electron chi connectivity index (χ3n) is 1.47. The number of allylic oxidation sites excluding steroid dienone is 1. The number of carboxylic acid groups (broad SMARTS) is 1. The molecule has 0 saturated carbocycles. The molecule has 0 fully saturated rings. The minimum absolute atomic E-state index is 0.833. The second-order valence-corrected chi connectivity index (χ2v) is 2.79. The van der Waals surface area contributed by atoms with Crippen LogP contribution in [0.1, 0.15) is 19.4 Å². The fourth-order valence-corrected chi connectivity index (χ4v) is 0.907. The Bertz CT molecular complexity index is 308. The first-order chi connectivity index (χ1) is 7.10. The number of aliphatic carboxylic acids is 1. The van der Waals surface area contributed by atoms with Gasteiger partial charge in [-0.3, -0.25) is 4.79 Å². The summed E-state index contributed by atoms with van der Waals surface area (Å²) >= 11 is 0. The molecule has 0 spiro atoms. The first kappa shape index (κ1) is 13.2. The van der Waals surface area contributed by atoms with Gasteiger partial charge in [0.15, 0.2) is 0 Å². The molecule has 0 aromatic heterocycles. The molecular formula is C12H16O3. The molecule has 82 valence electrons. The van der Waals surface area contributed by atoms with Gasteiger partial charge in [0.05, 0.1) is 7.11 Å². The Labute approximate surface area is 90.0 Å². The van der Waals surface area contributed by atoms with Gasteiger partial charge in [0.2, 0.25) is 0 Å². The van der Waals surface area contributed by atoms with E-state index in [0.29, 0.717) is 0 Å². The van der Waals surface area contributed by atoms with E-state index in [0.717, 1.165) is 12.7 Å². The van der Waals surface area contributed by atoms with Crippen molar-refractivity contribution >= 4 is 12.0 Å². The van der Waals surface area contributed by atoms with Crippen LogP contribution in [-0.2, 0) is 4.79 Å². The van der Waals surface area contributed by atoms with Crippen LogP contribution in [0.4, 0.5) is 0 Å². The van der Waals surface area contributed by atoms with Gasteiger partial charge in [-0.15, -0.1) is 0 Å². The largest absolute Gasteiger partial charge is 0.497 e. The molecule has 15 heavy (non-hydrogen) atoms. The van der Waals surface area contributed by atoms with E-state index in [4.69, 9.17) is 14.6 Å². The predicted molar refractivity (Wildman–Crippen MR) is 61.0 cm³/mol. The molecule has 3 heteroatoms. The van der Waals surface area contributed by atoms with E-state index in [2.05, 4.69) is 6.08 Å². The number of carboxylic acids is 1. The molecule has 0 radical (unpaired) electrons. The zero-order valence-electron chi connectivity index (χ0n) is 9.23. The van der Waals surface area contributed by atoms with Crippen molar-refractivity contribution in [3.63, 3.8) is 0 Å². The topological polar surface area (TPSA) is 46.5 Å². The first-order valence-corrected chi connectivity index (χ1v) is 4.56. The summed E-state index contributed by atoms with van der Waals surface area (Å²) in [6, 6.07) is 7.96. The molecule has 0 amide bonds. The quantitative estimate of drug-likeness (QED) is 0.812. The highest BCUT2D eigenvalue weighted by atomic mass is 16.5. The van der Waals surface area contributed by atoms with Crippen molar-refractivity contribution in [3.8, 4) is 5.75 Å². The van der Waals surface area contributed by atoms with Crippen LogP contribution in [-0.4, -0.2) is 18.2 Å². The molecule has 0 aliphatic heterocycles. The van der Waals surface area contributed by atoms with Crippen molar-refractivity contribution < 1.29 is 14.6 Å². The minimum atomic E-state index is -0.833. The number of benzene rings is 1. The van der Waals surface area contributed by atoms with Crippen molar-refractivity contribution in [2.45, 2.75) is 13.8 Å². The number of carbonyl (C=O) groups is 1. The lowest BCUT2D eigenvalue weighted by atomic mass is 10.2. The minimum Gasteiger partial charge on any atom is -0.497 e. The summed E-state index contributed by atoms with van der Waals surface area (Å²) in [5, 5.41) is 7.42. The molecule has 1 aromatic rings. The fraction of sp³-hybridized carbons (Fsp3) is 0.250. The number of methoxy groups -OCH3 is 1. The van der Waals surface area contributed by atoms with Crippen LogP contribution in [0, 0.1) is 0 Å². The molecule has 1 aromatic carbocycles. The highest BCUT2D eigenvalue weighted by Gasteiger charge is 1.87. The second-order valence-electron chi connectivity index (χ2n) is 2.79. The predicted octanol–water partition coefficient (Wildman–Crippen LogP) is 2.82. The Balaban J connectivity index is 0.000000423. The molecule has 3 nitrogen and oxygen atoms in total. The molecule has 0 aliphatic carbocycles. The molecule has 0 bridgehead atoms. The van der Waals surface area contributed by atoms with E-state index in [-0.39, 0.29) is 0 Å². The van der Waals surface area contributed by atoms with Gasteiger partial charge in [0.25, 0.3) is 5.97 Å². The number of hydrogen-bond acceptors (Lipinski definition) is 2. The van der Waals surface area contributed by atoms with Crippen LogP contribution >= 0.6 is 0 Å². The van der Waals surface area contributed by atoms with Gasteiger partial charge in [-0.1, -0.05) is 24.3 Å². The zero-order valence-corrected chi connectivity index (χ0v) is 9.23. The zero-order chi connectivity index (χ0) is 11.7. The summed E-state index contributed by atoms with van der Waals surface area (Å²) in [5.74, 6) is 0.0678. The van der Waals surface area contributed by atoms with Crippen LogP contribution in [0.2, 0.25) is 0 Å². The van der Waals surface area contributed by atoms with Crippen molar-refractivity contribution in [2.75, 3.05) is 7.11 Å². The smallest absolute Gasteiger partial charge is 0.300 e. The maximum absolute atomic E-state index is 9.00. The average Bonchev–Trinajstić information content (AvgIpc) is 2.19. The van der Waals surface area contributed by atoms with Gasteiger partial charge in [-0.05, 0) is 24.6 Å². The van der Waals surface area contributed by atoms with E-state index in [1.54, 1.807) is 7.11 Å². The highest BCUT2D eigenvalue weighted by Crippen LogP contribution is 2.11. The molecular weight excluding hydrogens is 192 g/mol. The summed E-state index contributed by atoms with van der Waals surface area (Å²) in [5.41, 5.74) is 1.20. The van der Waals surface area contributed by atoms with Crippen molar-refractivity contribution in [2.24, 2.45) is 0 Å². The Morgan fingerprint density at radius 2 is 1.80 bits per heavy atom. The number of hydrogen-bond donors (Lipinski definition) is 1. The van der Waals surface area contributed by atoms with Crippen LogP contribution in [0.25, 0.3) is 6.08 Å². The second kappa shape index (κ2) is 7.62. The molecule has 0 heterocycles. The summed E-state index contributed by atoms with van der Waals surface area (Å²) in [6.45, 7) is 3.09. The van der Waals surface area contributed by atoms with Gasteiger partial charge in [-0.2, -0.15) is 0 Å². The Morgan fingerprint density at radius 1 is 1.33 bits per heavy atom. The molecule has 0 saturated heterocycles. The molecule has 0 unspecified atom stereocenters. The van der Waals surface area contributed by atoms with Gasteiger partial charge in [0.1, 0.15) is 5.75 Å². The van der Waals surface area contributed by atoms with Crippen LogP contribution < -0.4 is 4.74 Å². The normalized spacial score (nSPS) is 9.27. The Morgan fingerprint density at radius 3 is 2.13 bits per heavy atom. The van der Waals surface area contributed by atoms with Crippen LogP contribution in [0.3, 0.4) is 0 Å². The summed E-state index contributed by atoms with van der Waals surface area (Å²) in [7, 11) is 1.67. The van der Waals surface area contributed by atoms with Gasteiger partial charge >= 0.3 is 0 Å². The lowest BCUT2D eigenvalue weighted by molar-refractivity contribution is -0.134. The standard InChI is InChI=1S/C10H12O.C2H4O2/c1-3-4-9-5-7-10(11-2)8-6-9;1-2(3)4/h3-8H,1-2H3;1H3,(H,3,4)/b4-3+;. The lowest BCUT2D eigenvalue weighted by Crippen LogP contribution is -1.80. The summed E-state index contributed by atoms with van der Waals surface area (Å²) < 4.78 is 5.02. The van der Waals surface area contributed by atoms with Crippen molar-refractivity contribution in [3.05, 3.63) is 35.9 Å². The Hall–Kier alpha value is -1.77. The van der Waals surface area contributed by atoms with Crippen molar-refractivity contribution in [1.29, 1.82) is 0 Å². The van der Waals surface area contributed by atoms with Crippen LogP contribution in [0.15, 0.2) is 30.3 Å². The molecule has 1 rings (SSSR count). The number of rotatable bonds is 2. The lowest BCUT2D eigenvalue weighted by Gasteiger charge is -1.98. The highest BCUT2D eigenvalue weighted by molar-refractivity contribution is 5.62. The average molecular weight is 208 g/mol.